The van der Waals surface area contributed by atoms with Crippen molar-refractivity contribution in [2.24, 2.45) is 11.8 Å². The molecule has 5 heteroatoms. The fourth-order valence-corrected chi connectivity index (χ4v) is 6.83. The molecule has 50 heavy (non-hydrogen) atoms. The molecular weight excluding hydrogens is 620 g/mol. The van der Waals surface area contributed by atoms with Crippen LogP contribution in [0.15, 0.2) is 0 Å². The SMILES string of the molecule is CCC(C)CCCCCCCCCCCCCCCCCCCCC(=O)OC[C@H](CO)OC(=O)CCCCCCCCCCCCCC(C)C. The van der Waals surface area contributed by atoms with Crippen molar-refractivity contribution in [2.75, 3.05) is 13.2 Å². The maximum atomic E-state index is 12.2. The highest BCUT2D eigenvalue weighted by Gasteiger charge is 2.16. The Hall–Kier alpha value is -1.10. The molecule has 0 rings (SSSR count). The molecule has 0 saturated carbocycles. The summed E-state index contributed by atoms with van der Waals surface area (Å²) in [5, 5.41) is 9.58. The molecule has 0 amide bonds. The number of rotatable bonds is 40. The Labute approximate surface area is 312 Å². The molecule has 0 aliphatic heterocycles. The van der Waals surface area contributed by atoms with Crippen molar-refractivity contribution < 1.29 is 24.2 Å². The third-order valence-electron chi connectivity index (χ3n) is 10.6. The monoisotopic (exact) mass is 709 g/mol. The molecule has 0 aromatic heterocycles. The Morgan fingerprint density at radius 3 is 1.12 bits per heavy atom. The Bertz CT molecular complexity index is 708. The van der Waals surface area contributed by atoms with Gasteiger partial charge < -0.3 is 14.6 Å². The molecule has 0 aromatic rings. The van der Waals surface area contributed by atoms with Crippen LogP contribution in [0.3, 0.4) is 0 Å². The minimum atomic E-state index is -0.763. The highest BCUT2D eigenvalue weighted by molar-refractivity contribution is 5.70. The first-order valence-corrected chi connectivity index (χ1v) is 22.3. The van der Waals surface area contributed by atoms with Crippen molar-refractivity contribution in [3.63, 3.8) is 0 Å². The van der Waals surface area contributed by atoms with Gasteiger partial charge in [-0.15, -0.1) is 0 Å². The molecule has 0 bridgehead atoms. The summed E-state index contributed by atoms with van der Waals surface area (Å²) in [6.07, 6.45) is 41.7. The highest BCUT2D eigenvalue weighted by atomic mass is 16.6. The normalized spacial score (nSPS) is 12.8. The van der Waals surface area contributed by atoms with Gasteiger partial charge in [0, 0.05) is 12.8 Å². The summed E-state index contributed by atoms with van der Waals surface area (Å²) in [6.45, 7) is 8.91. The predicted molar refractivity (Wildman–Crippen MR) is 215 cm³/mol. The summed E-state index contributed by atoms with van der Waals surface area (Å²) < 4.78 is 10.6. The fourth-order valence-electron chi connectivity index (χ4n) is 6.83. The Kier molecular flexibility index (Phi) is 38.3. The van der Waals surface area contributed by atoms with Gasteiger partial charge in [-0.25, -0.2) is 0 Å². The van der Waals surface area contributed by atoms with E-state index in [2.05, 4.69) is 27.7 Å². The highest BCUT2D eigenvalue weighted by Crippen LogP contribution is 2.18. The first-order valence-electron chi connectivity index (χ1n) is 22.3. The van der Waals surface area contributed by atoms with Crippen LogP contribution in [-0.4, -0.2) is 36.4 Å². The van der Waals surface area contributed by atoms with Crippen LogP contribution in [0.5, 0.6) is 0 Å². The van der Waals surface area contributed by atoms with Crippen LogP contribution in [0.2, 0.25) is 0 Å². The number of ether oxygens (including phenoxy) is 2. The van der Waals surface area contributed by atoms with Crippen LogP contribution in [-0.2, 0) is 19.1 Å². The fraction of sp³-hybridized carbons (Fsp3) is 0.956. The largest absolute Gasteiger partial charge is 0.462 e. The van der Waals surface area contributed by atoms with E-state index >= 15 is 0 Å². The van der Waals surface area contributed by atoms with Crippen LogP contribution < -0.4 is 0 Å². The van der Waals surface area contributed by atoms with E-state index in [9.17, 15) is 14.7 Å². The molecule has 1 unspecified atom stereocenters. The lowest BCUT2D eigenvalue weighted by molar-refractivity contribution is -0.161. The Balaban J connectivity index is 3.45. The average Bonchev–Trinajstić information content (AvgIpc) is 3.10. The number of aliphatic hydroxyl groups is 1. The summed E-state index contributed by atoms with van der Waals surface area (Å²) in [6, 6.07) is 0. The van der Waals surface area contributed by atoms with E-state index in [-0.39, 0.29) is 25.2 Å². The lowest BCUT2D eigenvalue weighted by atomic mass is 9.99. The van der Waals surface area contributed by atoms with Crippen molar-refractivity contribution in [1.29, 1.82) is 0 Å². The summed E-state index contributed by atoms with van der Waals surface area (Å²) >= 11 is 0. The van der Waals surface area contributed by atoms with Crippen LogP contribution in [0.1, 0.15) is 246 Å². The van der Waals surface area contributed by atoms with Gasteiger partial charge in [-0.05, 0) is 24.7 Å². The second-order valence-corrected chi connectivity index (χ2v) is 16.2. The lowest BCUT2D eigenvalue weighted by Gasteiger charge is -2.15. The molecule has 0 spiro atoms. The summed E-state index contributed by atoms with van der Waals surface area (Å²) in [7, 11) is 0. The smallest absolute Gasteiger partial charge is 0.306 e. The van der Waals surface area contributed by atoms with E-state index in [0.29, 0.717) is 12.8 Å². The van der Waals surface area contributed by atoms with E-state index in [4.69, 9.17) is 9.47 Å². The van der Waals surface area contributed by atoms with Gasteiger partial charge in [0.25, 0.3) is 0 Å². The molecule has 1 N–H and O–H groups in total. The second kappa shape index (κ2) is 39.1. The average molecular weight is 709 g/mol. The van der Waals surface area contributed by atoms with Gasteiger partial charge in [0.2, 0.25) is 0 Å². The lowest BCUT2D eigenvalue weighted by Crippen LogP contribution is -2.28. The molecule has 0 aliphatic carbocycles. The van der Waals surface area contributed by atoms with E-state index in [1.54, 1.807) is 0 Å². The van der Waals surface area contributed by atoms with Gasteiger partial charge in [0.15, 0.2) is 6.10 Å². The third kappa shape index (κ3) is 38.1. The standard InChI is InChI=1S/C45H88O5/c1-5-42(4)36-32-28-24-20-16-12-10-8-6-7-9-11-13-17-21-25-29-33-37-44(47)49-40-43(39-46)50-45(48)38-34-30-26-22-18-14-15-19-23-27-31-35-41(2)3/h41-43,46H,5-40H2,1-4H3/t42?,43-/m0/s1. The van der Waals surface area contributed by atoms with E-state index in [1.807, 2.05) is 0 Å². The molecule has 0 fully saturated rings. The zero-order valence-electron chi connectivity index (χ0n) is 34.3. The molecule has 0 radical (unpaired) electrons. The van der Waals surface area contributed by atoms with Gasteiger partial charge in [-0.2, -0.15) is 0 Å². The maximum absolute atomic E-state index is 12.2. The van der Waals surface area contributed by atoms with Crippen LogP contribution in [0.4, 0.5) is 0 Å². The molecule has 2 atom stereocenters. The second-order valence-electron chi connectivity index (χ2n) is 16.2. The van der Waals surface area contributed by atoms with Crippen molar-refractivity contribution in [1.82, 2.24) is 0 Å². The van der Waals surface area contributed by atoms with Crippen molar-refractivity contribution in [3.05, 3.63) is 0 Å². The van der Waals surface area contributed by atoms with Crippen molar-refractivity contribution in [2.45, 2.75) is 252 Å². The van der Waals surface area contributed by atoms with Crippen molar-refractivity contribution >= 4 is 11.9 Å². The number of carbonyl (C=O) groups is 2. The Morgan fingerprint density at radius 1 is 0.460 bits per heavy atom. The van der Waals surface area contributed by atoms with Crippen LogP contribution >= 0.6 is 0 Å². The molecule has 298 valence electrons. The molecule has 0 heterocycles. The minimum absolute atomic E-state index is 0.0580. The van der Waals surface area contributed by atoms with Gasteiger partial charge in [0.1, 0.15) is 6.61 Å². The molecule has 0 saturated heterocycles. The molecule has 0 aromatic carbocycles. The summed E-state index contributed by atoms with van der Waals surface area (Å²) in [4.78, 5) is 24.3. The maximum Gasteiger partial charge on any atom is 0.306 e. The van der Waals surface area contributed by atoms with E-state index in [1.165, 1.54) is 173 Å². The predicted octanol–water partition coefficient (Wildman–Crippen LogP) is 14.0. The zero-order valence-corrected chi connectivity index (χ0v) is 34.3. The first-order chi connectivity index (χ1) is 24.4. The van der Waals surface area contributed by atoms with Gasteiger partial charge in [-0.3, -0.25) is 9.59 Å². The zero-order chi connectivity index (χ0) is 36.8. The van der Waals surface area contributed by atoms with Gasteiger partial charge >= 0.3 is 11.9 Å². The minimum Gasteiger partial charge on any atom is -0.462 e. The number of aliphatic hydroxyl groups excluding tert-OH is 1. The number of hydrogen-bond donors (Lipinski definition) is 1. The molecule has 5 nitrogen and oxygen atoms in total. The summed E-state index contributed by atoms with van der Waals surface area (Å²) in [5.41, 5.74) is 0. The van der Waals surface area contributed by atoms with Gasteiger partial charge in [0.05, 0.1) is 6.61 Å². The summed E-state index contributed by atoms with van der Waals surface area (Å²) in [5.74, 6) is 1.17. The van der Waals surface area contributed by atoms with Crippen LogP contribution in [0.25, 0.3) is 0 Å². The topological polar surface area (TPSA) is 72.8 Å². The Morgan fingerprint density at radius 2 is 0.780 bits per heavy atom. The quantitative estimate of drug-likeness (QED) is 0.0507. The molecular formula is C45H88O5. The number of hydrogen-bond acceptors (Lipinski definition) is 5. The third-order valence-corrected chi connectivity index (χ3v) is 10.6. The van der Waals surface area contributed by atoms with Gasteiger partial charge in [-0.1, -0.05) is 220 Å². The first kappa shape index (κ1) is 48.9. The number of esters is 2. The number of carbonyl (C=O) groups excluding carboxylic acids is 2. The molecule has 0 aliphatic rings. The van der Waals surface area contributed by atoms with E-state index in [0.717, 1.165) is 43.9 Å². The number of unbranched alkanes of at least 4 members (excludes halogenated alkanes) is 27. The van der Waals surface area contributed by atoms with Crippen LogP contribution in [0, 0.1) is 11.8 Å². The van der Waals surface area contributed by atoms with Crippen molar-refractivity contribution in [3.8, 4) is 0 Å². The van der Waals surface area contributed by atoms with E-state index < -0.39 is 6.10 Å².